The van der Waals surface area contributed by atoms with Crippen LogP contribution in [0, 0.1) is 17.2 Å². The first kappa shape index (κ1) is 26.9. The molecule has 2 aliphatic carbocycles. The van der Waals surface area contributed by atoms with Crippen molar-refractivity contribution in [3.05, 3.63) is 23.8 Å². The quantitative estimate of drug-likeness (QED) is 0.533. The van der Waals surface area contributed by atoms with Crippen LogP contribution in [0.1, 0.15) is 44.1 Å². The number of hydrogen-bond acceptors (Lipinski definition) is 7. The van der Waals surface area contributed by atoms with E-state index in [-0.39, 0.29) is 42.7 Å². The van der Waals surface area contributed by atoms with Crippen molar-refractivity contribution in [3.63, 3.8) is 0 Å². The second-order valence-electron chi connectivity index (χ2n) is 9.71. The number of carbonyl (C=O) groups excluding carboxylic acids is 1. The number of nitrogens with one attached hydrogen (secondary N) is 1. The summed E-state index contributed by atoms with van der Waals surface area (Å²) in [5.74, 6) is -1.85. The number of alkyl halides is 3. The molecule has 1 unspecified atom stereocenters. The van der Waals surface area contributed by atoms with Gasteiger partial charge in [-0.15, -0.1) is 0 Å². The molecule has 1 N–H and O–H groups in total. The molecule has 1 aliphatic heterocycles. The van der Waals surface area contributed by atoms with Crippen molar-refractivity contribution in [2.75, 3.05) is 11.5 Å². The van der Waals surface area contributed by atoms with Crippen LogP contribution in [0.15, 0.2) is 23.1 Å². The van der Waals surface area contributed by atoms with Gasteiger partial charge in [-0.05, 0) is 44.6 Å². The summed E-state index contributed by atoms with van der Waals surface area (Å²) in [7, 11) is -2.29. The minimum atomic E-state index is -4.97. The molecule has 3 fully saturated rings. The molecule has 2 saturated carbocycles. The molecular weight excluding hydrogens is 520 g/mol. The van der Waals surface area contributed by atoms with E-state index in [2.05, 4.69) is 5.32 Å². The smallest absolute Gasteiger partial charge is 0.374 e. The van der Waals surface area contributed by atoms with Gasteiger partial charge >= 0.3 is 6.18 Å². The van der Waals surface area contributed by atoms with Gasteiger partial charge in [-0.3, -0.25) is 4.79 Å². The van der Waals surface area contributed by atoms with Crippen molar-refractivity contribution >= 4 is 38.9 Å². The molecule has 3 aliphatic rings. The highest BCUT2D eigenvalue weighted by molar-refractivity contribution is 7.92. The third-order valence-corrected chi connectivity index (χ3v) is 11.0. The molecule has 1 saturated heterocycles. The van der Waals surface area contributed by atoms with Gasteiger partial charge in [0, 0.05) is 0 Å². The molecule has 36 heavy (non-hydrogen) atoms. The van der Waals surface area contributed by atoms with Crippen LogP contribution in [0.5, 0.6) is 0 Å². The molecule has 0 bridgehead atoms. The first-order chi connectivity index (χ1) is 16.7. The molecule has 1 aromatic rings. The minimum absolute atomic E-state index is 0.110. The van der Waals surface area contributed by atoms with Crippen molar-refractivity contribution in [1.82, 2.24) is 5.32 Å². The summed E-state index contributed by atoms with van der Waals surface area (Å²) in [6.45, 7) is 0. The zero-order valence-electron chi connectivity index (χ0n) is 19.1. The van der Waals surface area contributed by atoms with Crippen LogP contribution in [0.25, 0.3) is 0 Å². The lowest BCUT2D eigenvalue weighted by Gasteiger charge is -2.28. The van der Waals surface area contributed by atoms with E-state index in [1.54, 1.807) is 0 Å². The molecule has 2 radical (unpaired) electrons. The number of carbonyl (C=O) groups is 1. The molecule has 4 rings (SSSR count). The van der Waals surface area contributed by atoms with Crippen molar-refractivity contribution in [3.8, 4) is 6.07 Å². The van der Waals surface area contributed by atoms with Crippen molar-refractivity contribution < 1.29 is 39.5 Å². The van der Waals surface area contributed by atoms with Gasteiger partial charge in [-0.1, -0.05) is 17.6 Å². The van der Waals surface area contributed by atoms with Crippen LogP contribution in [-0.4, -0.2) is 65.1 Å². The van der Waals surface area contributed by atoms with Gasteiger partial charge in [0.2, 0.25) is 5.91 Å². The summed E-state index contributed by atoms with van der Waals surface area (Å²) in [5.41, 5.74) is -2.66. The molecule has 0 aromatic heterocycles. The fourth-order valence-electron chi connectivity index (χ4n) is 4.80. The van der Waals surface area contributed by atoms with Crippen molar-refractivity contribution in [1.29, 1.82) is 5.26 Å². The Labute approximate surface area is 208 Å². The summed E-state index contributed by atoms with van der Waals surface area (Å²) in [6, 6.07) is 4.46. The predicted octanol–water partition coefficient (Wildman–Crippen LogP) is 1.19. The number of hydrogen-bond donors (Lipinski definition) is 1. The Morgan fingerprint density at radius 3 is 2.39 bits per heavy atom. The Hall–Kier alpha value is -2.11. The number of rotatable bonds is 6. The van der Waals surface area contributed by atoms with E-state index in [4.69, 9.17) is 12.6 Å². The molecule has 1 aromatic carbocycles. The Morgan fingerprint density at radius 1 is 1.19 bits per heavy atom. The first-order valence-corrected chi connectivity index (χ1v) is 14.8. The zero-order chi connectivity index (χ0) is 26.5. The molecule has 194 valence electrons. The normalized spacial score (nSPS) is 27.8. The summed E-state index contributed by atoms with van der Waals surface area (Å²) < 4.78 is 97.2. The second kappa shape index (κ2) is 9.33. The summed E-state index contributed by atoms with van der Waals surface area (Å²) in [4.78, 5) is 12.1. The highest BCUT2D eigenvalue weighted by Crippen LogP contribution is 2.42. The Balaban J connectivity index is 1.61. The third kappa shape index (κ3) is 5.58. The lowest BCUT2D eigenvalue weighted by Crippen LogP contribution is -2.43. The van der Waals surface area contributed by atoms with Crippen LogP contribution in [-0.2, 0) is 35.4 Å². The van der Waals surface area contributed by atoms with Crippen molar-refractivity contribution in [2.45, 2.75) is 72.6 Å². The summed E-state index contributed by atoms with van der Waals surface area (Å²) >= 11 is 0. The summed E-state index contributed by atoms with van der Waals surface area (Å²) in [5, 5.41) is 10.6. The van der Waals surface area contributed by atoms with Crippen LogP contribution in [0.4, 0.5) is 13.2 Å². The van der Waals surface area contributed by atoms with E-state index in [1.807, 2.05) is 6.07 Å². The van der Waals surface area contributed by atoms with E-state index in [9.17, 15) is 40.1 Å². The van der Waals surface area contributed by atoms with Gasteiger partial charge < -0.3 is 10.1 Å². The highest BCUT2D eigenvalue weighted by atomic mass is 32.2. The van der Waals surface area contributed by atoms with Gasteiger partial charge in [0.1, 0.15) is 13.4 Å². The number of halogens is 3. The first-order valence-electron chi connectivity index (χ1n) is 11.5. The van der Waals surface area contributed by atoms with Gasteiger partial charge in [-0.25, -0.2) is 16.8 Å². The number of nitriles is 1. The number of ether oxygens (including phenoxy) is 1. The Bertz CT molecular complexity index is 1290. The van der Waals surface area contributed by atoms with Gasteiger partial charge in [0.15, 0.2) is 19.7 Å². The standard InChI is InChI=1S/C22H24BF3N2O6S2/c23-13-1-2-19(17(9-13)22(24,25)26)36(32,33)15-10-16(20(29)28-21(12-27)5-6-21)18(11-15)34-14-3-7-35(30,31)8-4-14/h1-2,9,14-16,18H,3-8,10-11H2,(H,28,29)/t15-,16?,18-/m0/s1. The van der Waals surface area contributed by atoms with Gasteiger partial charge in [0.05, 0.1) is 51.4 Å². The minimum Gasteiger partial charge on any atom is -0.374 e. The molecular formula is C22H24BF3N2O6S2. The third-order valence-electron chi connectivity index (χ3n) is 7.05. The fourth-order valence-corrected chi connectivity index (χ4v) is 8.25. The van der Waals surface area contributed by atoms with E-state index in [0.29, 0.717) is 18.9 Å². The maximum atomic E-state index is 13.6. The lowest BCUT2D eigenvalue weighted by molar-refractivity contribution is -0.139. The van der Waals surface area contributed by atoms with Crippen LogP contribution < -0.4 is 10.8 Å². The van der Waals surface area contributed by atoms with Crippen LogP contribution >= 0.6 is 0 Å². The molecule has 3 atom stereocenters. The second-order valence-corrected chi connectivity index (χ2v) is 14.2. The van der Waals surface area contributed by atoms with E-state index in [0.717, 1.165) is 12.1 Å². The van der Waals surface area contributed by atoms with Gasteiger partial charge in [0.25, 0.3) is 0 Å². The highest BCUT2D eigenvalue weighted by Gasteiger charge is 2.51. The number of amides is 1. The topological polar surface area (TPSA) is 130 Å². The number of sulfone groups is 2. The van der Waals surface area contributed by atoms with Crippen LogP contribution in [0.3, 0.4) is 0 Å². The lowest BCUT2D eigenvalue weighted by atomic mass is 9.94. The average molecular weight is 544 g/mol. The molecule has 1 amide bonds. The average Bonchev–Trinajstić information content (AvgIpc) is 3.42. The maximum absolute atomic E-state index is 13.6. The monoisotopic (exact) mass is 544 g/mol. The molecule has 8 nitrogen and oxygen atoms in total. The maximum Gasteiger partial charge on any atom is 0.417 e. The fraction of sp³-hybridized carbons (Fsp3) is 0.636. The van der Waals surface area contributed by atoms with E-state index in [1.165, 1.54) is 0 Å². The Kier molecular flexibility index (Phi) is 6.98. The largest absolute Gasteiger partial charge is 0.417 e. The summed E-state index contributed by atoms with van der Waals surface area (Å²) in [6.07, 6.45) is -5.80. The van der Waals surface area contributed by atoms with Crippen molar-refractivity contribution in [2.24, 2.45) is 5.92 Å². The zero-order valence-corrected chi connectivity index (χ0v) is 20.8. The van der Waals surface area contributed by atoms with Crippen LogP contribution in [0.2, 0.25) is 0 Å². The SMILES string of the molecule is [B]c1ccc(S(=O)(=O)[C@H]2CC(C(=O)NC3(C#N)CC3)[C@@H](OC3CCS(=O)(=O)CC3)C2)c(C(F)(F)F)c1. The van der Waals surface area contributed by atoms with Gasteiger partial charge in [-0.2, -0.15) is 18.4 Å². The van der Waals surface area contributed by atoms with E-state index < -0.39 is 71.1 Å². The molecule has 14 heteroatoms. The predicted molar refractivity (Wildman–Crippen MR) is 123 cm³/mol. The molecule has 1 heterocycles. The molecule has 0 spiro atoms. The Morgan fingerprint density at radius 2 is 1.83 bits per heavy atom. The number of benzene rings is 1. The number of nitrogens with zero attached hydrogens (tertiary/aromatic N) is 1. The van der Waals surface area contributed by atoms with E-state index >= 15 is 0 Å².